The molecule has 3 aliphatic rings. The molecule has 0 saturated heterocycles. The van der Waals surface area contributed by atoms with Gasteiger partial charge in [-0.3, -0.25) is 9.59 Å². The Kier molecular flexibility index (Phi) is 5.19. The molecule has 2 heterocycles. The number of aliphatic hydroxyl groups excluding tert-OH is 1. The Morgan fingerprint density at radius 1 is 1.29 bits per heavy atom. The Morgan fingerprint density at radius 3 is 2.75 bits per heavy atom. The number of carbonyl (C=O) groups excluding carboxylic acids is 2. The van der Waals surface area contributed by atoms with E-state index >= 15 is 0 Å². The molecule has 1 N–H and O–H groups in total. The second-order valence-electron chi connectivity index (χ2n) is 7.83. The summed E-state index contributed by atoms with van der Waals surface area (Å²) in [6.07, 6.45) is 1.05. The van der Waals surface area contributed by atoms with Crippen LogP contribution in [0, 0.1) is 17.7 Å². The molecule has 0 spiro atoms. The van der Waals surface area contributed by atoms with Gasteiger partial charge < -0.3 is 14.7 Å². The quantitative estimate of drug-likeness (QED) is 0.779. The summed E-state index contributed by atoms with van der Waals surface area (Å²) in [6, 6.07) is 5.31. The number of hydrogen-bond donors (Lipinski definition) is 1. The zero-order valence-corrected chi connectivity index (χ0v) is 16.4. The number of ether oxygens (including phenoxy) is 1. The number of fused-ring (bicyclic) bond motifs is 1. The van der Waals surface area contributed by atoms with Crippen molar-refractivity contribution in [2.75, 3.05) is 13.2 Å². The summed E-state index contributed by atoms with van der Waals surface area (Å²) in [6.45, 7) is 2.11. The first kappa shape index (κ1) is 19.4. The molecule has 5 nitrogen and oxygen atoms in total. The summed E-state index contributed by atoms with van der Waals surface area (Å²) < 4.78 is 20.7. The summed E-state index contributed by atoms with van der Waals surface area (Å²) in [5.74, 6) is -1.26. The van der Waals surface area contributed by atoms with E-state index in [9.17, 15) is 19.1 Å². The van der Waals surface area contributed by atoms with Gasteiger partial charge in [-0.25, -0.2) is 4.39 Å². The Hall–Kier alpha value is -1.92. The second-order valence-corrected chi connectivity index (χ2v) is 8.39. The molecule has 1 aliphatic carbocycles. The van der Waals surface area contributed by atoms with E-state index in [4.69, 9.17) is 16.3 Å². The molecule has 5 unspecified atom stereocenters. The topological polar surface area (TPSA) is 66.8 Å². The number of hydrogen-bond acceptors (Lipinski definition) is 4. The molecule has 28 heavy (non-hydrogen) atoms. The molecule has 0 bridgehead atoms. The van der Waals surface area contributed by atoms with E-state index < -0.39 is 23.7 Å². The number of ketones is 1. The average molecular weight is 408 g/mol. The summed E-state index contributed by atoms with van der Waals surface area (Å²) in [5, 5.41) is 9.09. The molecule has 7 heteroatoms. The normalized spacial score (nSPS) is 32.3. The summed E-state index contributed by atoms with van der Waals surface area (Å²) in [5.41, 5.74) is 0.494. The predicted octanol–water partition coefficient (Wildman–Crippen LogP) is 2.97. The van der Waals surface area contributed by atoms with Crippen LogP contribution >= 0.6 is 11.6 Å². The van der Waals surface area contributed by atoms with Crippen LogP contribution in [0.15, 0.2) is 35.6 Å². The van der Waals surface area contributed by atoms with Gasteiger partial charge >= 0.3 is 0 Å². The maximum absolute atomic E-state index is 14.6. The third-order valence-electron chi connectivity index (χ3n) is 6.06. The van der Waals surface area contributed by atoms with Crippen LogP contribution in [0.2, 0.25) is 0 Å². The number of benzene rings is 1. The molecule has 150 valence electrons. The van der Waals surface area contributed by atoms with Gasteiger partial charge in [0.1, 0.15) is 11.9 Å². The number of nitrogens with zero attached hydrogens (tertiary/aromatic N) is 1. The van der Waals surface area contributed by atoms with Gasteiger partial charge in [-0.1, -0.05) is 25.1 Å². The highest BCUT2D eigenvalue weighted by Gasteiger charge is 2.53. The van der Waals surface area contributed by atoms with Crippen LogP contribution in [0.25, 0.3) is 0 Å². The standard InChI is InChI=1S/C21H23ClFNO4/c1-11-9-16-13(10-14(11)22)19(26)17-18(12-5-2-3-6-15(12)23)24(7-4-8-25)21(27)20(17)28-16/h2-3,5-6,11,13-14,16,18,25H,4,7-10H2,1H3. The molecular formula is C21H23ClFNO4. The average Bonchev–Trinajstić information content (AvgIpc) is 2.94. The molecule has 5 atom stereocenters. The van der Waals surface area contributed by atoms with Crippen molar-refractivity contribution in [2.24, 2.45) is 11.8 Å². The van der Waals surface area contributed by atoms with Crippen molar-refractivity contribution in [3.8, 4) is 0 Å². The summed E-state index contributed by atoms with van der Waals surface area (Å²) in [7, 11) is 0. The monoisotopic (exact) mass is 407 g/mol. The third-order valence-corrected chi connectivity index (χ3v) is 6.67. The smallest absolute Gasteiger partial charge is 0.290 e. The predicted molar refractivity (Wildman–Crippen MR) is 101 cm³/mol. The molecule has 0 aromatic heterocycles. The van der Waals surface area contributed by atoms with Crippen molar-refractivity contribution in [1.82, 2.24) is 4.90 Å². The fourth-order valence-corrected chi connectivity index (χ4v) is 4.85. The fourth-order valence-electron chi connectivity index (χ4n) is 4.56. The Morgan fingerprint density at radius 2 is 2.04 bits per heavy atom. The van der Waals surface area contributed by atoms with Gasteiger partial charge in [0.25, 0.3) is 5.91 Å². The largest absolute Gasteiger partial charge is 0.483 e. The number of aliphatic hydroxyl groups is 1. The van der Waals surface area contributed by atoms with Gasteiger partial charge in [0.2, 0.25) is 0 Å². The lowest BCUT2D eigenvalue weighted by Crippen LogP contribution is -2.44. The van der Waals surface area contributed by atoms with Gasteiger partial charge in [0, 0.05) is 24.1 Å². The molecule has 1 aromatic carbocycles. The molecule has 2 aliphatic heterocycles. The van der Waals surface area contributed by atoms with E-state index in [-0.39, 0.29) is 53.2 Å². The van der Waals surface area contributed by atoms with Gasteiger partial charge in [-0.15, -0.1) is 11.6 Å². The van der Waals surface area contributed by atoms with Crippen molar-refractivity contribution >= 4 is 23.3 Å². The van der Waals surface area contributed by atoms with E-state index in [1.165, 1.54) is 11.0 Å². The van der Waals surface area contributed by atoms with Crippen LogP contribution in [-0.4, -0.2) is 46.3 Å². The van der Waals surface area contributed by atoms with E-state index in [1.54, 1.807) is 18.2 Å². The van der Waals surface area contributed by atoms with Crippen molar-refractivity contribution in [1.29, 1.82) is 0 Å². The number of halogens is 2. The van der Waals surface area contributed by atoms with Crippen molar-refractivity contribution in [3.05, 3.63) is 47.0 Å². The van der Waals surface area contributed by atoms with Gasteiger partial charge in [-0.05, 0) is 31.2 Å². The Bertz CT molecular complexity index is 841. The van der Waals surface area contributed by atoms with Crippen LogP contribution in [0.1, 0.15) is 37.8 Å². The minimum atomic E-state index is -0.836. The van der Waals surface area contributed by atoms with Crippen LogP contribution in [0.3, 0.4) is 0 Å². The highest BCUT2D eigenvalue weighted by Crippen LogP contribution is 2.48. The fraction of sp³-hybridized carbons (Fsp3) is 0.524. The van der Waals surface area contributed by atoms with Gasteiger partial charge in [-0.2, -0.15) is 0 Å². The van der Waals surface area contributed by atoms with Crippen LogP contribution in [0.5, 0.6) is 0 Å². The molecule has 4 rings (SSSR count). The first-order valence-corrected chi connectivity index (χ1v) is 10.1. The molecule has 1 amide bonds. The van der Waals surface area contributed by atoms with Gasteiger partial charge in [0.05, 0.1) is 17.5 Å². The zero-order valence-electron chi connectivity index (χ0n) is 15.6. The minimum absolute atomic E-state index is 0.0395. The van der Waals surface area contributed by atoms with Crippen molar-refractivity contribution in [2.45, 2.75) is 43.7 Å². The lowest BCUT2D eigenvalue weighted by molar-refractivity contribution is -0.136. The SMILES string of the molecule is CC1CC2OC3=C(C(=O)C2CC1Cl)C(c1ccccc1F)N(CCCO)C3=O. The van der Waals surface area contributed by atoms with E-state index in [1.807, 2.05) is 6.92 Å². The third kappa shape index (κ3) is 3.03. The number of carbonyl (C=O) groups is 2. The Labute approximate surface area is 168 Å². The maximum atomic E-state index is 14.6. The molecule has 1 aromatic rings. The maximum Gasteiger partial charge on any atom is 0.290 e. The van der Waals surface area contributed by atoms with Gasteiger partial charge in [0.15, 0.2) is 11.5 Å². The van der Waals surface area contributed by atoms with E-state index in [2.05, 4.69) is 0 Å². The first-order valence-electron chi connectivity index (χ1n) is 9.69. The molecule has 1 fully saturated rings. The first-order chi connectivity index (χ1) is 13.4. The lowest BCUT2D eigenvalue weighted by Gasteiger charge is -2.40. The van der Waals surface area contributed by atoms with E-state index in [0.717, 1.165) is 0 Å². The molecular weight excluding hydrogens is 385 g/mol. The Balaban J connectivity index is 1.78. The lowest BCUT2D eigenvalue weighted by atomic mass is 9.74. The highest BCUT2D eigenvalue weighted by atomic mass is 35.5. The number of alkyl halides is 1. The minimum Gasteiger partial charge on any atom is -0.483 e. The number of rotatable bonds is 4. The van der Waals surface area contributed by atoms with Crippen molar-refractivity contribution in [3.63, 3.8) is 0 Å². The number of Topliss-reactive ketones (excluding diaryl/α,β-unsaturated/α-hetero) is 1. The summed E-state index contributed by atoms with van der Waals surface area (Å²) >= 11 is 6.41. The van der Waals surface area contributed by atoms with Crippen LogP contribution in [0.4, 0.5) is 4.39 Å². The van der Waals surface area contributed by atoms with E-state index in [0.29, 0.717) is 19.3 Å². The number of amides is 1. The molecule has 1 saturated carbocycles. The van der Waals surface area contributed by atoms with Crippen LogP contribution < -0.4 is 0 Å². The zero-order chi connectivity index (χ0) is 20.0. The summed E-state index contributed by atoms with van der Waals surface area (Å²) in [4.78, 5) is 27.9. The molecule has 0 radical (unpaired) electrons. The van der Waals surface area contributed by atoms with Crippen molar-refractivity contribution < 1.29 is 23.8 Å². The highest BCUT2D eigenvalue weighted by molar-refractivity contribution is 6.21. The second kappa shape index (κ2) is 7.48. The van der Waals surface area contributed by atoms with Crippen LogP contribution in [-0.2, 0) is 14.3 Å².